The summed E-state index contributed by atoms with van der Waals surface area (Å²) in [4.78, 5) is 17.4. The van der Waals surface area contributed by atoms with Gasteiger partial charge in [-0.25, -0.2) is 8.78 Å². The van der Waals surface area contributed by atoms with Crippen LogP contribution < -0.4 is 0 Å². The number of hydrogen-bond donors (Lipinski definition) is 0. The molecule has 7 nitrogen and oxygen atoms in total. The smallest absolute Gasteiger partial charge is 0.272 e. The Bertz CT molecular complexity index is 883. The Morgan fingerprint density at radius 1 is 0.442 bits per heavy atom. The summed E-state index contributed by atoms with van der Waals surface area (Å²) in [6.45, 7) is 35.3. The topological polar surface area (TPSA) is 22.7 Å². The second kappa shape index (κ2) is 12.6. The van der Waals surface area contributed by atoms with Crippen LogP contribution in [0, 0.1) is 0 Å². The maximum Gasteiger partial charge on any atom is 0.272 e. The summed E-state index contributed by atoms with van der Waals surface area (Å²) in [7, 11) is 0. The summed E-state index contributed by atoms with van der Waals surface area (Å²) >= 11 is 0. The lowest BCUT2D eigenvalue weighted by Gasteiger charge is -2.55. The summed E-state index contributed by atoms with van der Waals surface area (Å²) in [5.74, 6) is -2.41. The Hall–Kier alpha value is -0.420. The van der Waals surface area contributed by atoms with E-state index in [9.17, 15) is 8.78 Å². The van der Waals surface area contributed by atoms with Gasteiger partial charge in [0, 0.05) is 106 Å². The maximum atomic E-state index is 12.6. The molecule has 0 spiro atoms. The van der Waals surface area contributed by atoms with Crippen LogP contribution in [0.5, 0.6) is 0 Å². The quantitative estimate of drug-likeness (QED) is 0.477. The molecule has 1 aliphatic carbocycles. The first-order chi connectivity index (χ1) is 19.9. The Morgan fingerprint density at radius 3 is 1.00 bits per heavy atom. The molecule has 0 radical (unpaired) electrons. The van der Waals surface area contributed by atoms with E-state index < -0.39 is 5.92 Å². The van der Waals surface area contributed by atoms with Crippen molar-refractivity contribution in [3.05, 3.63) is 0 Å². The molecule has 0 aromatic carbocycles. The molecule has 6 saturated heterocycles. The summed E-state index contributed by atoms with van der Waals surface area (Å²) in [5, 5.41) is 0. The molecule has 0 N–H and O–H groups in total. The second-order valence-corrected chi connectivity index (χ2v) is 17.6. The predicted molar refractivity (Wildman–Crippen MR) is 174 cm³/mol. The van der Waals surface area contributed by atoms with Crippen molar-refractivity contribution in [3.63, 3.8) is 0 Å². The first-order valence-corrected chi connectivity index (χ1v) is 17.5. The number of rotatable bonds is 4. The fourth-order valence-corrected chi connectivity index (χ4v) is 7.12. The average Bonchev–Trinajstić information content (AvgIpc) is 3.55. The van der Waals surface area contributed by atoms with Crippen LogP contribution in [0.2, 0.25) is 0 Å². The number of nitrogens with zero attached hydrogens (tertiary/aromatic N) is 7. The lowest BCUT2D eigenvalue weighted by molar-refractivity contribution is -0.171. The summed E-state index contributed by atoms with van der Waals surface area (Å²) in [6.07, 6.45) is 4.34. The normalized spacial score (nSPS) is 29.7. The van der Waals surface area contributed by atoms with Crippen LogP contribution in [0.3, 0.4) is 0 Å². The molecule has 6 heterocycles. The van der Waals surface area contributed by atoms with E-state index in [-0.39, 0.29) is 18.6 Å². The molecular weight excluding hydrogens is 544 g/mol. The van der Waals surface area contributed by atoms with E-state index in [1.54, 1.807) is 0 Å². The van der Waals surface area contributed by atoms with Crippen LogP contribution in [-0.4, -0.2) is 173 Å². The number of alkyl halides is 2. The monoisotopic (exact) mass is 610 g/mol. The highest BCUT2D eigenvalue weighted by Gasteiger charge is 2.50. The Labute approximate surface area is 262 Å². The van der Waals surface area contributed by atoms with Gasteiger partial charge in [0.25, 0.3) is 5.92 Å². The zero-order chi connectivity index (χ0) is 31.4. The highest BCUT2D eigenvalue weighted by Crippen LogP contribution is 2.34. The molecule has 0 unspecified atom stereocenters. The van der Waals surface area contributed by atoms with Crippen molar-refractivity contribution in [2.24, 2.45) is 0 Å². The van der Waals surface area contributed by atoms with Crippen LogP contribution in [0.1, 0.15) is 81.6 Å². The number of hydrogen-bond acceptors (Lipinski definition) is 7. The molecule has 6 aliphatic heterocycles. The highest BCUT2D eigenvalue weighted by atomic mass is 19.3. The molecule has 7 aliphatic rings. The molecule has 9 heteroatoms. The Balaban J connectivity index is 0.000000131. The van der Waals surface area contributed by atoms with E-state index in [2.05, 4.69) is 91.7 Å². The van der Waals surface area contributed by atoms with Gasteiger partial charge in [0.2, 0.25) is 0 Å². The van der Waals surface area contributed by atoms with Gasteiger partial charge in [-0.3, -0.25) is 34.3 Å². The van der Waals surface area contributed by atoms with Crippen molar-refractivity contribution in [1.82, 2.24) is 34.3 Å². The van der Waals surface area contributed by atoms with Crippen LogP contribution in [0.25, 0.3) is 0 Å². The van der Waals surface area contributed by atoms with Crippen molar-refractivity contribution >= 4 is 0 Å². The van der Waals surface area contributed by atoms with Crippen molar-refractivity contribution in [1.29, 1.82) is 0 Å². The third-order valence-corrected chi connectivity index (χ3v) is 11.2. The molecule has 0 aromatic heterocycles. The molecular formula is C34H65F2N7. The zero-order valence-electron chi connectivity index (χ0n) is 29.2. The van der Waals surface area contributed by atoms with Gasteiger partial charge < -0.3 is 0 Å². The summed E-state index contributed by atoms with van der Waals surface area (Å²) in [6, 6.07) is 3.06. The van der Waals surface area contributed by atoms with Crippen LogP contribution in [0.15, 0.2) is 0 Å². The van der Waals surface area contributed by atoms with Crippen molar-refractivity contribution in [3.8, 4) is 0 Å². The van der Waals surface area contributed by atoms with Crippen molar-refractivity contribution in [2.75, 3.05) is 91.6 Å². The fourth-order valence-electron chi connectivity index (χ4n) is 7.12. The average molecular weight is 610 g/mol. The molecule has 0 bridgehead atoms. The zero-order valence-corrected chi connectivity index (χ0v) is 29.2. The first kappa shape index (κ1) is 33.9. The Kier molecular flexibility index (Phi) is 9.98. The standard InChI is InChI=1S/C14H27N3.C10H18F2N2.C10H20N2/c1-14(2,3)17-10-13(11-17)16-8-6-15(7-9-16)12-4-5-12;1-9(2,3)14-4-8(5-14)13-6-10(11,12)7-13;1-10(2,3)12-7-9(8-12)11-5-4-6-11/h12-13H,4-11H2,1-3H3;8H,4-7H2,1-3H3;9H,4-8H2,1-3H3. The second-order valence-electron chi connectivity index (χ2n) is 17.6. The molecule has 1 saturated carbocycles. The molecule has 250 valence electrons. The van der Waals surface area contributed by atoms with Gasteiger partial charge in [0.05, 0.1) is 13.1 Å². The van der Waals surface area contributed by atoms with Gasteiger partial charge in [0.1, 0.15) is 0 Å². The van der Waals surface area contributed by atoms with E-state index in [0.717, 1.165) is 31.2 Å². The SMILES string of the molecule is CC(C)(C)N1CC(N2CC(F)(F)C2)C1.CC(C)(C)N1CC(N2CCC2)C1.CC(C)(C)N1CC(N2CCN(C3CC3)CC2)C1. The molecule has 0 atom stereocenters. The van der Waals surface area contributed by atoms with Gasteiger partial charge in [-0.1, -0.05) is 0 Å². The van der Waals surface area contributed by atoms with E-state index in [4.69, 9.17) is 0 Å². The number of piperazine rings is 1. The minimum absolute atomic E-state index is 0.0321. The maximum absolute atomic E-state index is 12.6. The lowest BCUT2D eigenvalue weighted by atomic mass is 9.94. The summed E-state index contributed by atoms with van der Waals surface area (Å²) in [5.41, 5.74) is 0.942. The first-order valence-electron chi connectivity index (χ1n) is 17.5. The molecule has 0 amide bonds. The summed E-state index contributed by atoms with van der Waals surface area (Å²) < 4.78 is 25.2. The van der Waals surface area contributed by atoms with Crippen molar-refractivity contribution in [2.45, 2.75) is 128 Å². The van der Waals surface area contributed by atoms with Gasteiger partial charge in [0.15, 0.2) is 0 Å². The van der Waals surface area contributed by atoms with E-state index >= 15 is 0 Å². The fraction of sp³-hybridized carbons (Fsp3) is 1.00. The van der Waals surface area contributed by atoms with Crippen LogP contribution >= 0.6 is 0 Å². The largest absolute Gasteiger partial charge is 0.298 e. The molecule has 0 aromatic rings. The van der Waals surface area contributed by atoms with Crippen LogP contribution in [-0.2, 0) is 0 Å². The predicted octanol–water partition coefficient (Wildman–Crippen LogP) is 3.84. The van der Waals surface area contributed by atoms with E-state index in [1.165, 1.54) is 84.7 Å². The van der Waals surface area contributed by atoms with Gasteiger partial charge in [-0.05, 0) is 94.7 Å². The molecule has 7 fully saturated rings. The number of likely N-dealkylation sites (tertiary alicyclic amines) is 5. The lowest BCUT2D eigenvalue weighted by Crippen LogP contribution is -2.71. The van der Waals surface area contributed by atoms with Crippen LogP contribution in [0.4, 0.5) is 8.78 Å². The van der Waals surface area contributed by atoms with E-state index in [0.29, 0.717) is 17.1 Å². The van der Waals surface area contributed by atoms with E-state index in [1.807, 2.05) is 4.90 Å². The number of halogens is 2. The van der Waals surface area contributed by atoms with Crippen molar-refractivity contribution < 1.29 is 8.78 Å². The van der Waals surface area contributed by atoms with Gasteiger partial charge in [-0.15, -0.1) is 0 Å². The molecule has 7 rings (SSSR count). The minimum atomic E-state index is -2.41. The Morgan fingerprint density at radius 2 is 0.744 bits per heavy atom. The van der Waals surface area contributed by atoms with Gasteiger partial charge >= 0.3 is 0 Å². The van der Waals surface area contributed by atoms with Gasteiger partial charge in [-0.2, -0.15) is 0 Å². The third kappa shape index (κ3) is 8.69. The molecule has 43 heavy (non-hydrogen) atoms. The minimum Gasteiger partial charge on any atom is -0.298 e. The highest BCUT2D eigenvalue weighted by molar-refractivity contribution is 5.01. The third-order valence-electron chi connectivity index (χ3n) is 11.2.